The molecular formula is C11H17N3O4S. The Kier molecular flexibility index (Phi) is 6.83. The number of aromatic carboxylic acids is 1. The summed E-state index contributed by atoms with van der Waals surface area (Å²) in [5.74, 6) is -1.06. The molecule has 106 valence electrons. The molecule has 0 saturated heterocycles. The van der Waals surface area contributed by atoms with E-state index in [4.69, 9.17) is 9.84 Å². The van der Waals surface area contributed by atoms with Crippen LogP contribution in [0.1, 0.15) is 28.3 Å². The van der Waals surface area contributed by atoms with E-state index in [-0.39, 0.29) is 18.3 Å². The van der Waals surface area contributed by atoms with E-state index in [1.54, 1.807) is 7.11 Å². The molecule has 1 rings (SSSR count). The van der Waals surface area contributed by atoms with E-state index in [0.29, 0.717) is 18.2 Å². The molecule has 0 fully saturated rings. The van der Waals surface area contributed by atoms with E-state index in [9.17, 15) is 9.59 Å². The maximum atomic E-state index is 11.4. The Labute approximate surface area is 115 Å². The van der Waals surface area contributed by atoms with Crippen molar-refractivity contribution in [2.75, 3.05) is 20.3 Å². The third-order valence-electron chi connectivity index (χ3n) is 2.23. The van der Waals surface area contributed by atoms with Gasteiger partial charge in [0.2, 0.25) is 0 Å². The highest BCUT2D eigenvalue weighted by molar-refractivity contribution is 7.09. The Morgan fingerprint density at radius 3 is 2.84 bits per heavy atom. The third-order valence-corrected chi connectivity index (χ3v) is 3.08. The quantitative estimate of drug-likeness (QED) is 0.621. The van der Waals surface area contributed by atoms with Crippen LogP contribution in [0.4, 0.5) is 4.79 Å². The number of methoxy groups -OCH3 is 1. The van der Waals surface area contributed by atoms with E-state index >= 15 is 0 Å². The van der Waals surface area contributed by atoms with Gasteiger partial charge < -0.3 is 20.5 Å². The number of carbonyl (C=O) groups is 2. The first-order valence-electron chi connectivity index (χ1n) is 5.82. The predicted molar refractivity (Wildman–Crippen MR) is 70.4 cm³/mol. The lowest BCUT2D eigenvalue weighted by Gasteiger charge is -2.05. The van der Waals surface area contributed by atoms with Crippen molar-refractivity contribution >= 4 is 23.3 Å². The largest absolute Gasteiger partial charge is 0.476 e. The number of carbonyl (C=O) groups excluding carboxylic acids is 1. The molecule has 0 spiro atoms. The van der Waals surface area contributed by atoms with E-state index in [0.717, 1.165) is 12.8 Å². The molecule has 0 radical (unpaired) electrons. The molecule has 3 N–H and O–H groups in total. The Bertz CT molecular complexity index is 422. The molecule has 1 aromatic rings. The van der Waals surface area contributed by atoms with Crippen LogP contribution < -0.4 is 10.6 Å². The lowest BCUT2D eigenvalue weighted by Crippen LogP contribution is -2.35. The van der Waals surface area contributed by atoms with Crippen molar-refractivity contribution in [3.8, 4) is 0 Å². The van der Waals surface area contributed by atoms with Crippen LogP contribution in [0.3, 0.4) is 0 Å². The predicted octanol–water partition coefficient (Wildman–Crippen LogP) is 1.07. The van der Waals surface area contributed by atoms with E-state index in [1.807, 2.05) is 0 Å². The van der Waals surface area contributed by atoms with Crippen LogP contribution in [0.5, 0.6) is 0 Å². The number of ether oxygens (including phenoxy) is 1. The van der Waals surface area contributed by atoms with Crippen LogP contribution in [0.2, 0.25) is 0 Å². The minimum absolute atomic E-state index is 0.00164. The van der Waals surface area contributed by atoms with E-state index in [1.165, 1.54) is 16.7 Å². The average Bonchev–Trinajstić information content (AvgIpc) is 2.85. The molecule has 1 heterocycles. The lowest BCUT2D eigenvalue weighted by atomic mass is 10.3. The second-order valence-corrected chi connectivity index (χ2v) is 4.68. The summed E-state index contributed by atoms with van der Waals surface area (Å²) in [5, 5.41) is 16.0. The summed E-state index contributed by atoms with van der Waals surface area (Å²) >= 11 is 1.20. The van der Waals surface area contributed by atoms with Gasteiger partial charge in [0.05, 0.1) is 6.54 Å². The topological polar surface area (TPSA) is 101 Å². The molecule has 0 aliphatic heterocycles. The van der Waals surface area contributed by atoms with Crippen molar-refractivity contribution < 1.29 is 19.4 Å². The number of unbranched alkanes of at least 4 members (excludes halogenated alkanes) is 1. The van der Waals surface area contributed by atoms with Crippen molar-refractivity contribution in [3.63, 3.8) is 0 Å². The molecule has 2 amide bonds. The molecule has 19 heavy (non-hydrogen) atoms. The zero-order valence-corrected chi connectivity index (χ0v) is 11.5. The number of carboxylic acids is 1. The molecule has 0 atom stereocenters. The number of thiazole rings is 1. The molecule has 0 bridgehead atoms. The first kappa shape index (κ1) is 15.4. The summed E-state index contributed by atoms with van der Waals surface area (Å²) in [6.45, 7) is 1.48. The smallest absolute Gasteiger partial charge is 0.355 e. The Morgan fingerprint density at radius 2 is 2.21 bits per heavy atom. The number of urea groups is 1. The minimum Gasteiger partial charge on any atom is -0.476 e. The molecule has 0 saturated carbocycles. The minimum atomic E-state index is -1.06. The van der Waals surface area contributed by atoms with Gasteiger partial charge in [-0.05, 0) is 12.8 Å². The van der Waals surface area contributed by atoms with E-state index < -0.39 is 5.97 Å². The summed E-state index contributed by atoms with van der Waals surface area (Å²) in [5.41, 5.74) is 0.00164. The average molecular weight is 287 g/mol. The SMILES string of the molecule is COCCCCNC(=O)NCc1nc(C(=O)O)cs1. The summed E-state index contributed by atoms with van der Waals surface area (Å²) in [6, 6.07) is -0.288. The highest BCUT2D eigenvalue weighted by Gasteiger charge is 2.09. The lowest BCUT2D eigenvalue weighted by molar-refractivity contribution is 0.0691. The number of amides is 2. The van der Waals surface area contributed by atoms with Crippen LogP contribution in [0, 0.1) is 0 Å². The standard InChI is InChI=1S/C11H17N3O4S/c1-18-5-3-2-4-12-11(17)13-6-9-14-8(7-19-9)10(15)16/h7H,2-6H2,1H3,(H,15,16)(H2,12,13,17). The summed E-state index contributed by atoms with van der Waals surface area (Å²) in [4.78, 5) is 25.9. The number of nitrogens with one attached hydrogen (secondary N) is 2. The molecular weight excluding hydrogens is 270 g/mol. The second kappa shape index (κ2) is 8.44. The molecule has 0 aliphatic rings. The van der Waals surface area contributed by atoms with Crippen molar-refractivity contribution in [1.29, 1.82) is 0 Å². The molecule has 8 heteroatoms. The van der Waals surface area contributed by atoms with Gasteiger partial charge in [-0.2, -0.15) is 0 Å². The normalized spacial score (nSPS) is 10.2. The van der Waals surface area contributed by atoms with Gasteiger partial charge in [-0.25, -0.2) is 14.6 Å². The highest BCUT2D eigenvalue weighted by Crippen LogP contribution is 2.09. The first-order valence-corrected chi connectivity index (χ1v) is 6.69. The zero-order chi connectivity index (χ0) is 14.1. The van der Waals surface area contributed by atoms with E-state index in [2.05, 4.69) is 15.6 Å². The monoisotopic (exact) mass is 287 g/mol. The van der Waals surface area contributed by atoms with Crippen LogP contribution in [-0.2, 0) is 11.3 Å². The summed E-state index contributed by atoms with van der Waals surface area (Å²) in [7, 11) is 1.64. The van der Waals surface area contributed by atoms with Crippen molar-refractivity contribution in [2.24, 2.45) is 0 Å². The van der Waals surface area contributed by atoms with Crippen molar-refractivity contribution in [3.05, 3.63) is 16.1 Å². The number of nitrogens with zero attached hydrogens (tertiary/aromatic N) is 1. The highest BCUT2D eigenvalue weighted by atomic mass is 32.1. The maximum Gasteiger partial charge on any atom is 0.355 e. The Morgan fingerprint density at radius 1 is 1.42 bits per heavy atom. The fourth-order valence-electron chi connectivity index (χ4n) is 1.28. The number of hydrogen-bond donors (Lipinski definition) is 3. The van der Waals surface area contributed by atoms with Gasteiger partial charge in [0.15, 0.2) is 5.69 Å². The number of carboxylic acid groups (broad SMARTS) is 1. The van der Waals surface area contributed by atoms with Crippen molar-refractivity contribution in [2.45, 2.75) is 19.4 Å². The Hall–Kier alpha value is -1.67. The zero-order valence-electron chi connectivity index (χ0n) is 10.6. The van der Waals surface area contributed by atoms with Gasteiger partial charge in [0.1, 0.15) is 5.01 Å². The van der Waals surface area contributed by atoms with Crippen LogP contribution in [-0.4, -0.2) is 42.4 Å². The maximum absolute atomic E-state index is 11.4. The summed E-state index contributed by atoms with van der Waals surface area (Å²) < 4.78 is 4.89. The summed E-state index contributed by atoms with van der Waals surface area (Å²) in [6.07, 6.45) is 1.74. The van der Waals surface area contributed by atoms with Crippen LogP contribution >= 0.6 is 11.3 Å². The fraction of sp³-hybridized carbons (Fsp3) is 0.545. The molecule has 0 aliphatic carbocycles. The molecule has 1 aromatic heterocycles. The number of rotatable bonds is 8. The molecule has 7 nitrogen and oxygen atoms in total. The molecule has 0 aromatic carbocycles. The number of hydrogen-bond acceptors (Lipinski definition) is 5. The Balaban J connectivity index is 2.17. The van der Waals surface area contributed by atoms with Crippen LogP contribution in [0.25, 0.3) is 0 Å². The third kappa shape index (κ3) is 6.16. The number of aromatic nitrogens is 1. The van der Waals surface area contributed by atoms with Crippen LogP contribution in [0.15, 0.2) is 5.38 Å². The van der Waals surface area contributed by atoms with Gasteiger partial charge in [0.25, 0.3) is 0 Å². The van der Waals surface area contributed by atoms with Gasteiger partial charge in [-0.15, -0.1) is 11.3 Å². The first-order chi connectivity index (χ1) is 9.13. The fourth-order valence-corrected chi connectivity index (χ4v) is 1.99. The van der Waals surface area contributed by atoms with Gasteiger partial charge in [-0.1, -0.05) is 0 Å². The second-order valence-electron chi connectivity index (χ2n) is 3.74. The van der Waals surface area contributed by atoms with Gasteiger partial charge in [0, 0.05) is 25.6 Å². The molecule has 0 unspecified atom stereocenters. The van der Waals surface area contributed by atoms with Crippen molar-refractivity contribution in [1.82, 2.24) is 15.6 Å². The van der Waals surface area contributed by atoms with Gasteiger partial charge in [-0.3, -0.25) is 0 Å². The van der Waals surface area contributed by atoms with Gasteiger partial charge >= 0.3 is 12.0 Å².